The van der Waals surface area contributed by atoms with Gasteiger partial charge in [0.1, 0.15) is 0 Å². The maximum absolute atomic E-state index is 12.0. The van der Waals surface area contributed by atoms with E-state index in [1.54, 1.807) is 23.2 Å². The highest BCUT2D eigenvalue weighted by Crippen LogP contribution is 2.17. The van der Waals surface area contributed by atoms with Gasteiger partial charge in [-0.1, -0.05) is 0 Å². The number of pyridine rings is 1. The third kappa shape index (κ3) is 3.90. The predicted molar refractivity (Wildman–Crippen MR) is 70.0 cm³/mol. The van der Waals surface area contributed by atoms with Crippen molar-refractivity contribution >= 4 is 6.09 Å². The fourth-order valence-electron chi connectivity index (χ4n) is 1.84. The van der Waals surface area contributed by atoms with Crippen LogP contribution >= 0.6 is 0 Å². The number of carbonyl (C=O) groups is 1. The minimum absolute atomic E-state index is 0.337. The number of amides is 1. The average molecular weight is 265 g/mol. The number of hydrogen-bond acceptors (Lipinski definition) is 5. The van der Waals surface area contributed by atoms with Crippen molar-refractivity contribution in [3.05, 3.63) is 24.0 Å². The summed E-state index contributed by atoms with van der Waals surface area (Å²) in [5, 5.41) is 0. The molecule has 1 amide bonds. The molecule has 2 heterocycles. The van der Waals surface area contributed by atoms with Gasteiger partial charge in [-0.2, -0.15) is 0 Å². The van der Waals surface area contributed by atoms with Crippen molar-refractivity contribution < 1.29 is 14.3 Å². The Morgan fingerprint density at radius 2 is 2.21 bits per heavy atom. The normalized spacial score (nSPS) is 15.6. The van der Waals surface area contributed by atoms with Crippen LogP contribution in [0, 0.1) is 0 Å². The Morgan fingerprint density at radius 3 is 2.89 bits per heavy atom. The molecule has 0 bridgehead atoms. The standard InChI is InChI=1S/C13H19N3O3/c1-15(2)10-11-12(4-3-5-14-11)19-13(17)16-6-8-18-9-7-16/h3-5H,6-10H2,1-2H3. The van der Waals surface area contributed by atoms with Gasteiger partial charge >= 0.3 is 6.09 Å². The molecule has 0 aromatic carbocycles. The van der Waals surface area contributed by atoms with Crippen LogP contribution in [0.15, 0.2) is 18.3 Å². The van der Waals surface area contributed by atoms with Gasteiger partial charge in [0.05, 0.1) is 18.9 Å². The number of aromatic nitrogens is 1. The highest BCUT2D eigenvalue weighted by molar-refractivity contribution is 5.71. The van der Waals surface area contributed by atoms with Gasteiger partial charge in [-0.15, -0.1) is 0 Å². The number of carbonyl (C=O) groups excluding carboxylic acids is 1. The molecule has 0 spiro atoms. The molecule has 19 heavy (non-hydrogen) atoms. The van der Waals surface area contributed by atoms with Crippen LogP contribution in [0.2, 0.25) is 0 Å². The second kappa shape index (κ2) is 6.49. The van der Waals surface area contributed by atoms with Crippen molar-refractivity contribution in [1.29, 1.82) is 0 Å². The SMILES string of the molecule is CN(C)Cc1ncccc1OC(=O)N1CCOCC1. The number of nitrogens with zero attached hydrogens (tertiary/aromatic N) is 3. The van der Waals surface area contributed by atoms with Gasteiger partial charge < -0.3 is 19.3 Å². The Labute approximate surface area is 112 Å². The highest BCUT2D eigenvalue weighted by atomic mass is 16.6. The van der Waals surface area contributed by atoms with E-state index in [1.165, 1.54) is 0 Å². The molecule has 104 valence electrons. The van der Waals surface area contributed by atoms with Crippen LogP contribution < -0.4 is 4.74 Å². The number of morpholine rings is 1. The first-order chi connectivity index (χ1) is 9.16. The van der Waals surface area contributed by atoms with Crippen LogP contribution in [0.5, 0.6) is 5.75 Å². The zero-order valence-electron chi connectivity index (χ0n) is 11.3. The highest BCUT2D eigenvalue weighted by Gasteiger charge is 2.20. The topological polar surface area (TPSA) is 54.9 Å². The van der Waals surface area contributed by atoms with E-state index < -0.39 is 0 Å². The van der Waals surface area contributed by atoms with Gasteiger partial charge in [-0.25, -0.2) is 4.79 Å². The van der Waals surface area contributed by atoms with E-state index in [-0.39, 0.29) is 6.09 Å². The quantitative estimate of drug-likeness (QED) is 0.815. The molecular formula is C13H19N3O3. The van der Waals surface area contributed by atoms with Gasteiger partial charge in [0, 0.05) is 25.8 Å². The molecule has 6 heteroatoms. The molecule has 0 N–H and O–H groups in total. The molecule has 0 saturated carbocycles. The molecule has 0 unspecified atom stereocenters. The monoisotopic (exact) mass is 265 g/mol. The van der Waals surface area contributed by atoms with Crippen LogP contribution in [0.4, 0.5) is 4.79 Å². The molecule has 1 aromatic rings. The Bertz CT molecular complexity index is 431. The van der Waals surface area contributed by atoms with E-state index in [0.29, 0.717) is 38.6 Å². The summed E-state index contributed by atoms with van der Waals surface area (Å²) in [6.07, 6.45) is 1.36. The first-order valence-electron chi connectivity index (χ1n) is 6.30. The molecule has 1 aromatic heterocycles. The van der Waals surface area contributed by atoms with Gasteiger partial charge in [-0.05, 0) is 26.2 Å². The van der Waals surface area contributed by atoms with Crippen LogP contribution in [-0.4, -0.2) is 61.3 Å². The molecule has 1 saturated heterocycles. The van der Waals surface area contributed by atoms with Gasteiger partial charge in [0.2, 0.25) is 0 Å². The molecule has 0 radical (unpaired) electrons. The summed E-state index contributed by atoms with van der Waals surface area (Å²) in [7, 11) is 3.89. The second-order valence-corrected chi connectivity index (χ2v) is 4.65. The van der Waals surface area contributed by atoms with Crippen LogP contribution in [-0.2, 0) is 11.3 Å². The third-order valence-corrected chi connectivity index (χ3v) is 2.78. The Hall–Kier alpha value is -1.66. The molecule has 1 fully saturated rings. The molecular weight excluding hydrogens is 246 g/mol. The summed E-state index contributed by atoms with van der Waals surface area (Å²) < 4.78 is 10.6. The van der Waals surface area contributed by atoms with Crippen molar-refractivity contribution in [2.75, 3.05) is 40.4 Å². The molecule has 0 atom stereocenters. The second-order valence-electron chi connectivity index (χ2n) is 4.65. The van der Waals surface area contributed by atoms with E-state index in [0.717, 1.165) is 5.69 Å². The fourth-order valence-corrected chi connectivity index (χ4v) is 1.84. The molecule has 0 aliphatic carbocycles. The Morgan fingerprint density at radius 1 is 1.47 bits per heavy atom. The largest absolute Gasteiger partial charge is 0.415 e. The van der Waals surface area contributed by atoms with E-state index in [9.17, 15) is 4.79 Å². The summed E-state index contributed by atoms with van der Waals surface area (Å²) in [6.45, 7) is 2.90. The van der Waals surface area contributed by atoms with Crippen molar-refractivity contribution in [1.82, 2.24) is 14.8 Å². The number of rotatable bonds is 3. The van der Waals surface area contributed by atoms with E-state index in [2.05, 4.69) is 4.98 Å². The fraction of sp³-hybridized carbons (Fsp3) is 0.538. The minimum atomic E-state index is -0.337. The van der Waals surface area contributed by atoms with Crippen LogP contribution in [0.25, 0.3) is 0 Å². The molecule has 6 nitrogen and oxygen atoms in total. The van der Waals surface area contributed by atoms with Gasteiger partial charge in [0.15, 0.2) is 5.75 Å². The third-order valence-electron chi connectivity index (χ3n) is 2.78. The molecule has 1 aliphatic heterocycles. The minimum Gasteiger partial charge on any atom is -0.408 e. The number of hydrogen-bond donors (Lipinski definition) is 0. The summed E-state index contributed by atoms with van der Waals surface area (Å²) >= 11 is 0. The van der Waals surface area contributed by atoms with Gasteiger partial charge in [-0.3, -0.25) is 4.98 Å². The van der Waals surface area contributed by atoms with Crippen molar-refractivity contribution in [2.24, 2.45) is 0 Å². The Balaban J connectivity index is 2.03. The van der Waals surface area contributed by atoms with Crippen molar-refractivity contribution in [3.63, 3.8) is 0 Å². The average Bonchev–Trinajstić information content (AvgIpc) is 2.41. The van der Waals surface area contributed by atoms with Crippen molar-refractivity contribution in [3.8, 4) is 5.75 Å². The van der Waals surface area contributed by atoms with Crippen molar-refractivity contribution in [2.45, 2.75) is 6.54 Å². The maximum atomic E-state index is 12.0. The summed E-state index contributed by atoms with van der Waals surface area (Å²) in [4.78, 5) is 19.9. The lowest BCUT2D eigenvalue weighted by Crippen LogP contribution is -2.42. The van der Waals surface area contributed by atoms with E-state index >= 15 is 0 Å². The smallest absolute Gasteiger partial charge is 0.408 e. The Kier molecular flexibility index (Phi) is 4.70. The predicted octanol–water partition coefficient (Wildman–Crippen LogP) is 0.974. The lowest BCUT2D eigenvalue weighted by atomic mass is 10.3. The van der Waals surface area contributed by atoms with Crippen LogP contribution in [0.3, 0.4) is 0 Å². The molecule has 1 aliphatic rings. The zero-order chi connectivity index (χ0) is 13.7. The first kappa shape index (κ1) is 13.8. The van der Waals surface area contributed by atoms with Gasteiger partial charge in [0.25, 0.3) is 0 Å². The maximum Gasteiger partial charge on any atom is 0.415 e. The van der Waals surface area contributed by atoms with E-state index in [1.807, 2.05) is 19.0 Å². The summed E-state index contributed by atoms with van der Waals surface area (Å²) in [5.41, 5.74) is 0.758. The zero-order valence-corrected chi connectivity index (χ0v) is 11.3. The number of ether oxygens (including phenoxy) is 2. The lowest BCUT2D eigenvalue weighted by molar-refractivity contribution is 0.0414. The summed E-state index contributed by atoms with van der Waals surface area (Å²) in [6, 6.07) is 3.53. The summed E-state index contributed by atoms with van der Waals surface area (Å²) in [5.74, 6) is 0.521. The first-order valence-corrected chi connectivity index (χ1v) is 6.30. The van der Waals surface area contributed by atoms with Crippen LogP contribution in [0.1, 0.15) is 5.69 Å². The lowest BCUT2D eigenvalue weighted by Gasteiger charge is -2.26. The van der Waals surface area contributed by atoms with E-state index in [4.69, 9.17) is 9.47 Å². The molecule has 2 rings (SSSR count).